The summed E-state index contributed by atoms with van der Waals surface area (Å²) < 4.78 is 9.50. The molecule has 0 rings (SSSR count). The minimum absolute atomic E-state index is 0.0888. The average Bonchev–Trinajstić information content (AvgIpc) is 1.86. The van der Waals surface area contributed by atoms with Crippen LogP contribution in [0, 0.1) is 0 Å². The van der Waals surface area contributed by atoms with Crippen molar-refractivity contribution in [3.05, 3.63) is 12.5 Å². The van der Waals surface area contributed by atoms with Crippen LogP contribution in [-0.2, 0) is 14.3 Å². The lowest BCUT2D eigenvalue weighted by Crippen LogP contribution is -2.02. The van der Waals surface area contributed by atoms with Crippen LogP contribution < -0.4 is 0 Å². The number of carbonyl (C=O) groups is 1. The molecular formula is C8H14O3. The summed E-state index contributed by atoms with van der Waals surface area (Å²) in [6.45, 7) is 7.33. The standard InChI is InChI=1S/C8H14O3/c1-4-5-6-10-8(3)11-7(2)9/h3-6H2,1-2H3. The summed E-state index contributed by atoms with van der Waals surface area (Å²) in [4.78, 5) is 10.3. The van der Waals surface area contributed by atoms with Gasteiger partial charge >= 0.3 is 5.97 Å². The molecule has 0 amide bonds. The zero-order valence-corrected chi connectivity index (χ0v) is 7.05. The summed E-state index contributed by atoms with van der Waals surface area (Å²) in [5, 5.41) is 0. The quantitative estimate of drug-likeness (QED) is 0.348. The summed E-state index contributed by atoms with van der Waals surface area (Å²) in [5.41, 5.74) is 0. The van der Waals surface area contributed by atoms with Crippen LogP contribution in [0.5, 0.6) is 0 Å². The molecule has 11 heavy (non-hydrogen) atoms. The topological polar surface area (TPSA) is 35.5 Å². The number of rotatable bonds is 5. The molecule has 0 saturated carbocycles. The lowest BCUT2D eigenvalue weighted by molar-refractivity contribution is -0.142. The van der Waals surface area contributed by atoms with E-state index in [0.717, 1.165) is 12.8 Å². The zero-order valence-electron chi connectivity index (χ0n) is 7.05. The fraction of sp³-hybridized carbons (Fsp3) is 0.625. The molecule has 64 valence electrons. The minimum Gasteiger partial charge on any atom is -0.466 e. The lowest BCUT2D eigenvalue weighted by atomic mass is 10.4. The van der Waals surface area contributed by atoms with Crippen molar-refractivity contribution < 1.29 is 14.3 Å². The Morgan fingerprint density at radius 1 is 1.55 bits per heavy atom. The van der Waals surface area contributed by atoms with Gasteiger partial charge in [0.05, 0.1) is 6.61 Å². The predicted molar refractivity (Wildman–Crippen MR) is 41.8 cm³/mol. The minimum atomic E-state index is -0.397. The monoisotopic (exact) mass is 158 g/mol. The van der Waals surface area contributed by atoms with Crippen molar-refractivity contribution in [3.63, 3.8) is 0 Å². The average molecular weight is 158 g/mol. The zero-order chi connectivity index (χ0) is 8.69. The molecule has 0 aliphatic carbocycles. The van der Waals surface area contributed by atoms with Gasteiger partial charge in [0.25, 0.3) is 5.95 Å². The van der Waals surface area contributed by atoms with E-state index in [1.54, 1.807) is 0 Å². The van der Waals surface area contributed by atoms with E-state index in [2.05, 4.69) is 18.2 Å². The molecule has 3 heteroatoms. The van der Waals surface area contributed by atoms with Gasteiger partial charge in [-0.2, -0.15) is 0 Å². The highest BCUT2D eigenvalue weighted by molar-refractivity contribution is 5.66. The third-order valence-corrected chi connectivity index (χ3v) is 1.02. The molecule has 0 N–H and O–H groups in total. The van der Waals surface area contributed by atoms with Crippen molar-refractivity contribution in [1.29, 1.82) is 0 Å². The van der Waals surface area contributed by atoms with Gasteiger partial charge in [0.1, 0.15) is 0 Å². The van der Waals surface area contributed by atoms with E-state index in [4.69, 9.17) is 4.74 Å². The normalized spacial score (nSPS) is 8.91. The molecule has 0 aliphatic heterocycles. The van der Waals surface area contributed by atoms with Gasteiger partial charge in [-0.3, -0.25) is 4.79 Å². The molecule has 0 saturated heterocycles. The number of hydrogen-bond donors (Lipinski definition) is 0. The number of esters is 1. The predicted octanol–water partition coefficient (Wildman–Crippen LogP) is 1.84. The van der Waals surface area contributed by atoms with Crippen molar-refractivity contribution in [2.75, 3.05) is 6.61 Å². The molecule has 0 aromatic rings. The summed E-state index contributed by atoms with van der Waals surface area (Å²) in [6.07, 6.45) is 1.99. The van der Waals surface area contributed by atoms with Gasteiger partial charge in [-0.05, 0) is 13.0 Å². The van der Waals surface area contributed by atoms with Gasteiger partial charge in [-0.1, -0.05) is 13.3 Å². The van der Waals surface area contributed by atoms with E-state index < -0.39 is 5.97 Å². The van der Waals surface area contributed by atoms with Crippen LogP contribution >= 0.6 is 0 Å². The number of unbranched alkanes of at least 4 members (excludes halogenated alkanes) is 1. The highest BCUT2D eigenvalue weighted by Crippen LogP contribution is 1.98. The molecule has 0 spiro atoms. The fourth-order valence-corrected chi connectivity index (χ4v) is 0.520. The molecule has 0 aliphatic rings. The van der Waals surface area contributed by atoms with E-state index in [0.29, 0.717) is 6.61 Å². The van der Waals surface area contributed by atoms with Crippen molar-refractivity contribution >= 4 is 5.97 Å². The van der Waals surface area contributed by atoms with E-state index in [9.17, 15) is 4.79 Å². The Morgan fingerprint density at radius 3 is 2.64 bits per heavy atom. The van der Waals surface area contributed by atoms with Crippen molar-refractivity contribution in [3.8, 4) is 0 Å². The first-order valence-corrected chi connectivity index (χ1v) is 3.67. The van der Waals surface area contributed by atoms with E-state index in [1.165, 1.54) is 6.92 Å². The second kappa shape index (κ2) is 5.77. The fourth-order valence-electron chi connectivity index (χ4n) is 0.520. The Morgan fingerprint density at radius 2 is 2.18 bits per heavy atom. The van der Waals surface area contributed by atoms with Gasteiger partial charge < -0.3 is 9.47 Å². The van der Waals surface area contributed by atoms with E-state index >= 15 is 0 Å². The van der Waals surface area contributed by atoms with Crippen LogP contribution in [0.2, 0.25) is 0 Å². The first-order chi connectivity index (χ1) is 5.16. The number of ether oxygens (including phenoxy) is 2. The highest BCUT2D eigenvalue weighted by atomic mass is 16.7. The lowest BCUT2D eigenvalue weighted by Gasteiger charge is -2.05. The molecule has 0 heterocycles. The van der Waals surface area contributed by atoms with E-state index in [1.807, 2.05) is 0 Å². The Kier molecular flexibility index (Phi) is 5.25. The van der Waals surface area contributed by atoms with Gasteiger partial charge in [-0.25, -0.2) is 0 Å². The Labute approximate surface area is 67.0 Å². The van der Waals surface area contributed by atoms with E-state index in [-0.39, 0.29) is 5.95 Å². The Balaban J connectivity index is 3.30. The van der Waals surface area contributed by atoms with Gasteiger partial charge in [0.2, 0.25) is 0 Å². The molecule has 0 fully saturated rings. The van der Waals surface area contributed by atoms with Gasteiger partial charge in [0.15, 0.2) is 0 Å². The second-order valence-corrected chi connectivity index (χ2v) is 2.17. The van der Waals surface area contributed by atoms with Crippen LogP contribution in [0.1, 0.15) is 26.7 Å². The maximum atomic E-state index is 10.3. The van der Waals surface area contributed by atoms with Crippen LogP contribution in [0.3, 0.4) is 0 Å². The smallest absolute Gasteiger partial charge is 0.310 e. The van der Waals surface area contributed by atoms with Crippen molar-refractivity contribution in [2.24, 2.45) is 0 Å². The van der Waals surface area contributed by atoms with Crippen LogP contribution in [0.4, 0.5) is 0 Å². The summed E-state index contributed by atoms with van der Waals surface area (Å²) >= 11 is 0. The van der Waals surface area contributed by atoms with Crippen LogP contribution in [-0.4, -0.2) is 12.6 Å². The number of hydrogen-bond acceptors (Lipinski definition) is 3. The van der Waals surface area contributed by atoms with Crippen LogP contribution in [0.25, 0.3) is 0 Å². The molecule has 0 aromatic heterocycles. The first kappa shape index (κ1) is 10.0. The maximum Gasteiger partial charge on any atom is 0.310 e. The second-order valence-electron chi connectivity index (χ2n) is 2.17. The molecule has 3 nitrogen and oxygen atoms in total. The van der Waals surface area contributed by atoms with Crippen molar-refractivity contribution in [2.45, 2.75) is 26.7 Å². The maximum absolute atomic E-state index is 10.3. The summed E-state index contributed by atoms with van der Waals surface area (Å²) in [7, 11) is 0. The molecule has 0 aromatic carbocycles. The molecule has 0 radical (unpaired) electrons. The molecular weight excluding hydrogens is 144 g/mol. The highest BCUT2D eigenvalue weighted by Gasteiger charge is 1.97. The molecule has 0 bridgehead atoms. The Bertz CT molecular complexity index is 140. The third-order valence-electron chi connectivity index (χ3n) is 1.02. The third kappa shape index (κ3) is 6.90. The molecule has 0 unspecified atom stereocenters. The molecule has 0 atom stereocenters. The largest absolute Gasteiger partial charge is 0.466 e. The number of carbonyl (C=O) groups excluding carboxylic acids is 1. The summed E-state index contributed by atoms with van der Waals surface area (Å²) in [5.74, 6) is -0.308. The van der Waals surface area contributed by atoms with Crippen LogP contribution in [0.15, 0.2) is 12.5 Å². The van der Waals surface area contributed by atoms with Crippen molar-refractivity contribution in [1.82, 2.24) is 0 Å². The van der Waals surface area contributed by atoms with Gasteiger partial charge in [-0.15, -0.1) is 0 Å². The first-order valence-electron chi connectivity index (χ1n) is 3.67. The Hall–Kier alpha value is -0.990. The van der Waals surface area contributed by atoms with Gasteiger partial charge in [0, 0.05) is 6.92 Å². The SMILES string of the molecule is C=C(OCCCC)OC(C)=O. The summed E-state index contributed by atoms with van der Waals surface area (Å²) in [6, 6.07) is 0.